The number of rotatable bonds is 9. The maximum atomic E-state index is 11.9. The summed E-state index contributed by atoms with van der Waals surface area (Å²) in [5.41, 5.74) is 1.55. The first-order valence-corrected chi connectivity index (χ1v) is 12.5. The first-order valence-electron chi connectivity index (χ1n) is 11.5. The Kier molecular flexibility index (Phi) is 8.51. The Bertz CT molecular complexity index is 1300. The molecule has 0 aliphatic carbocycles. The van der Waals surface area contributed by atoms with Crippen LogP contribution in [0.2, 0.25) is 0 Å². The predicted molar refractivity (Wildman–Crippen MR) is 133 cm³/mol. The molecular weight excluding hydrogens is 500 g/mol. The fourth-order valence-corrected chi connectivity index (χ4v) is 4.68. The minimum Gasteiger partial charge on any atom is -0.463 e. The van der Waals surface area contributed by atoms with Gasteiger partial charge in [-0.2, -0.15) is 5.10 Å². The third-order valence-corrected chi connectivity index (χ3v) is 6.32. The molecule has 0 spiro atoms. The van der Waals surface area contributed by atoms with Crippen LogP contribution in [0.1, 0.15) is 32.6 Å². The number of fused-ring (bicyclic) bond motifs is 1. The van der Waals surface area contributed by atoms with Crippen molar-refractivity contribution in [3.8, 4) is 0 Å². The van der Waals surface area contributed by atoms with E-state index in [1.54, 1.807) is 6.20 Å². The number of thioether (sulfide) groups is 1. The molecule has 3 heterocycles. The molecular formula is C25H26N4O7S. The average Bonchev–Trinajstić information content (AvgIpc) is 3.42. The molecule has 3 aromatic rings. The molecule has 0 saturated carbocycles. The van der Waals surface area contributed by atoms with Gasteiger partial charge in [-0.05, 0) is 5.56 Å². The lowest BCUT2D eigenvalue weighted by Crippen LogP contribution is -2.40. The molecule has 0 unspecified atom stereocenters. The molecule has 1 fully saturated rings. The number of nitrogens with zero attached hydrogens (tertiary/aromatic N) is 4. The van der Waals surface area contributed by atoms with E-state index in [1.807, 2.05) is 42.5 Å². The highest BCUT2D eigenvalue weighted by atomic mass is 32.2. The topological polar surface area (TPSA) is 132 Å². The Morgan fingerprint density at radius 3 is 2.46 bits per heavy atom. The lowest BCUT2D eigenvalue weighted by molar-refractivity contribution is -0.166. The summed E-state index contributed by atoms with van der Waals surface area (Å²) in [6.07, 6.45) is 3.14. The molecule has 194 valence electrons. The minimum atomic E-state index is -1.05. The van der Waals surface area contributed by atoms with Gasteiger partial charge in [0.1, 0.15) is 24.1 Å². The van der Waals surface area contributed by atoms with E-state index in [4.69, 9.17) is 18.9 Å². The first kappa shape index (κ1) is 26.3. The molecule has 1 aliphatic rings. The molecule has 12 heteroatoms. The fourth-order valence-electron chi connectivity index (χ4n) is 3.91. The minimum absolute atomic E-state index is 0.204. The predicted octanol–water partition coefficient (Wildman–Crippen LogP) is 2.96. The molecule has 11 nitrogen and oxygen atoms in total. The molecule has 0 amide bonds. The summed E-state index contributed by atoms with van der Waals surface area (Å²) in [6.45, 7) is 3.52. The number of ether oxygens (including phenoxy) is 4. The van der Waals surface area contributed by atoms with Crippen LogP contribution in [0.5, 0.6) is 0 Å². The van der Waals surface area contributed by atoms with E-state index in [2.05, 4.69) is 15.1 Å². The number of aromatic nitrogens is 4. The van der Waals surface area contributed by atoms with E-state index in [9.17, 15) is 14.4 Å². The molecule has 2 aromatic heterocycles. The molecule has 37 heavy (non-hydrogen) atoms. The molecule has 1 saturated heterocycles. The van der Waals surface area contributed by atoms with Gasteiger partial charge in [-0.3, -0.25) is 14.4 Å². The summed E-state index contributed by atoms with van der Waals surface area (Å²) in [5.74, 6) is -1.07. The number of hydrogen-bond acceptors (Lipinski definition) is 11. The summed E-state index contributed by atoms with van der Waals surface area (Å²) >= 11 is 1.51. The number of hydrogen-bond donors (Lipinski definition) is 0. The molecule has 1 aromatic carbocycles. The zero-order valence-electron chi connectivity index (χ0n) is 20.5. The van der Waals surface area contributed by atoms with Crippen molar-refractivity contribution in [1.29, 1.82) is 0 Å². The highest BCUT2D eigenvalue weighted by Crippen LogP contribution is 2.36. The second-order valence-corrected chi connectivity index (χ2v) is 9.15. The highest BCUT2D eigenvalue weighted by molar-refractivity contribution is 7.99. The Balaban J connectivity index is 1.59. The average molecular weight is 527 g/mol. The van der Waals surface area contributed by atoms with Crippen LogP contribution in [0.3, 0.4) is 0 Å². The van der Waals surface area contributed by atoms with Crippen LogP contribution in [-0.4, -0.2) is 68.3 Å². The monoisotopic (exact) mass is 526 g/mol. The van der Waals surface area contributed by atoms with E-state index >= 15 is 0 Å². The Morgan fingerprint density at radius 2 is 1.76 bits per heavy atom. The summed E-state index contributed by atoms with van der Waals surface area (Å²) in [7, 11) is 0. The van der Waals surface area contributed by atoms with Crippen molar-refractivity contribution in [1.82, 2.24) is 19.7 Å². The molecule has 1 aliphatic heterocycles. The summed E-state index contributed by atoms with van der Waals surface area (Å²) in [6, 6.07) is 9.97. The van der Waals surface area contributed by atoms with Crippen molar-refractivity contribution < 1.29 is 33.3 Å². The number of carbonyl (C=O) groups is 3. The molecule has 0 bridgehead atoms. The van der Waals surface area contributed by atoms with Crippen LogP contribution in [0, 0.1) is 0 Å². The number of esters is 3. The van der Waals surface area contributed by atoms with Crippen molar-refractivity contribution in [2.75, 3.05) is 12.4 Å². The summed E-state index contributed by atoms with van der Waals surface area (Å²) in [4.78, 5) is 43.9. The highest BCUT2D eigenvalue weighted by Gasteiger charge is 2.51. The lowest BCUT2D eigenvalue weighted by atomic mass is 10.1. The van der Waals surface area contributed by atoms with Gasteiger partial charge in [0.2, 0.25) is 0 Å². The number of benzene rings is 1. The normalized spacial score (nSPS) is 21.3. The van der Waals surface area contributed by atoms with E-state index in [1.165, 1.54) is 43.5 Å². The summed E-state index contributed by atoms with van der Waals surface area (Å²) < 4.78 is 23.5. The SMILES string of the molecule is CC(=O)OC[C@H]1O[C@@H](n2ncc3c(SCC=Cc4ccccc4)ncnc32)[C@H](OC(C)=O)[C@@H]1OC(C)=O. The van der Waals surface area contributed by atoms with Gasteiger partial charge in [0.05, 0.1) is 11.6 Å². The maximum Gasteiger partial charge on any atom is 0.303 e. The van der Waals surface area contributed by atoms with Crippen LogP contribution in [0.15, 0.2) is 54.0 Å². The summed E-state index contributed by atoms with van der Waals surface area (Å²) in [5, 5.41) is 5.82. The van der Waals surface area contributed by atoms with Gasteiger partial charge >= 0.3 is 17.9 Å². The van der Waals surface area contributed by atoms with E-state index < -0.39 is 42.4 Å². The standard InChI is InChI=1S/C25H26N4O7S/c1-15(30)33-13-20-21(34-16(2)31)22(35-17(3)32)25(36-20)29-23-19(12-28-29)24(27-14-26-23)37-11-7-10-18-8-5-4-6-9-18/h4-10,12,14,20-22,25H,11,13H2,1-3H3/t20-,21-,22-,25-/m1/s1. The van der Waals surface area contributed by atoms with Gasteiger partial charge in [0, 0.05) is 26.5 Å². The van der Waals surface area contributed by atoms with Crippen molar-refractivity contribution in [2.24, 2.45) is 0 Å². The van der Waals surface area contributed by atoms with Gasteiger partial charge in [-0.25, -0.2) is 14.6 Å². The van der Waals surface area contributed by atoms with Crippen molar-refractivity contribution >= 4 is 46.8 Å². The zero-order chi connectivity index (χ0) is 26.4. The lowest BCUT2D eigenvalue weighted by Gasteiger charge is -2.23. The quantitative estimate of drug-likeness (QED) is 0.176. The Labute approximate surface area is 217 Å². The number of carbonyl (C=O) groups excluding carboxylic acids is 3. The zero-order valence-corrected chi connectivity index (χ0v) is 21.3. The van der Waals surface area contributed by atoms with E-state index in [0.717, 1.165) is 5.56 Å². The molecule has 0 N–H and O–H groups in total. The van der Waals surface area contributed by atoms with Crippen molar-refractivity contribution in [2.45, 2.75) is 50.3 Å². The third kappa shape index (κ3) is 6.52. The smallest absolute Gasteiger partial charge is 0.303 e. The van der Waals surface area contributed by atoms with Crippen LogP contribution >= 0.6 is 11.8 Å². The second-order valence-electron chi connectivity index (χ2n) is 8.15. The third-order valence-electron chi connectivity index (χ3n) is 5.36. The first-order chi connectivity index (χ1) is 17.8. The van der Waals surface area contributed by atoms with Crippen LogP contribution in [0.4, 0.5) is 0 Å². The fraction of sp³-hybridized carbons (Fsp3) is 0.360. The van der Waals surface area contributed by atoms with Gasteiger partial charge in [-0.1, -0.05) is 42.5 Å². The van der Waals surface area contributed by atoms with E-state index in [0.29, 0.717) is 21.8 Å². The van der Waals surface area contributed by atoms with Crippen LogP contribution in [0.25, 0.3) is 17.1 Å². The molecule has 4 atom stereocenters. The van der Waals surface area contributed by atoms with Gasteiger partial charge in [-0.15, -0.1) is 11.8 Å². The molecule has 0 radical (unpaired) electrons. The van der Waals surface area contributed by atoms with Crippen LogP contribution in [-0.2, 0) is 33.3 Å². The van der Waals surface area contributed by atoms with Crippen LogP contribution < -0.4 is 0 Å². The largest absolute Gasteiger partial charge is 0.463 e. The molecule has 4 rings (SSSR count). The van der Waals surface area contributed by atoms with Crippen molar-refractivity contribution in [3.63, 3.8) is 0 Å². The van der Waals surface area contributed by atoms with Gasteiger partial charge in [0.15, 0.2) is 24.1 Å². The van der Waals surface area contributed by atoms with Gasteiger partial charge < -0.3 is 18.9 Å². The maximum absolute atomic E-state index is 11.9. The van der Waals surface area contributed by atoms with E-state index in [-0.39, 0.29) is 6.61 Å². The van der Waals surface area contributed by atoms with Gasteiger partial charge in [0.25, 0.3) is 0 Å². The Hall–Kier alpha value is -3.77. The van der Waals surface area contributed by atoms with Crippen molar-refractivity contribution in [3.05, 3.63) is 54.5 Å². The second kappa shape index (κ2) is 12.0. The Morgan fingerprint density at radius 1 is 1.03 bits per heavy atom.